The second kappa shape index (κ2) is 8.80. The van der Waals surface area contributed by atoms with Crippen LogP contribution in [0.15, 0.2) is 47.8 Å². The molecule has 6 nitrogen and oxygen atoms in total. The van der Waals surface area contributed by atoms with Gasteiger partial charge in [0, 0.05) is 30.7 Å². The largest absolute Gasteiger partial charge is 0.497 e. The maximum absolute atomic E-state index is 13.2. The molecule has 0 bridgehead atoms. The van der Waals surface area contributed by atoms with Crippen LogP contribution >= 0.6 is 11.3 Å². The average molecular weight is 412 g/mol. The first-order chi connectivity index (χ1) is 14.2. The van der Waals surface area contributed by atoms with Crippen molar-refractivity contribution < 1.29 is 14.3 Å². The molecule has 3 heterocycles. The molecule has 0 unspecified atom stereocenters. The smallest absolute Gasteiger partial charge is 0.270 e. The highest BCUT2D eigenvalue weighted by Gasteiger charge is 2.29. The molecule has 0 spiro atoms. The van der Waals surface area contributed by atoms with E-state index in [2.05, 4.69) is 21.9 Å². The number of aryl methyl sites for hydroxylation is 1. The van der Waals surface area contributed by atoms with Crippen LogP contribution < -0.4 is 10.1 Å². The molecule has 7 heteroatoms. The van der Waals surface area contributed by atoms with Crippen LogP contribution in [0.25, 0.3) is 11.3 Å². The van der Waals surface area contributed by atoms with Crippen molar-refractivity contribution in [2.75, 3.05) is 20.3 Å². The third-order valence-corrected chi connectivity index (χ3v) is 6.31. The number of aromatic nitrogens is 2. The average Bonchev–Trinajstić information content (AvgIpc) is 3.42. The fraction of sp³-hybridized carbons (Fsp3) is 0.364. The molecule has 2 aromatic heterocycles. The van der Waals surface area contributed by atoms with E-state index in [9.17, 15) is 4.79 Å². The quantitative estimate of drug-likeness (QED) is 0.664. The number of hydrogen-bond acceptors (Lipinski definition) is 5. The van der Waals surface area contributed by atoms with Gasteiger partial charge in [-0.05, 0) is 48.4 Å². The minimum atomic E-state index is -0.112. The lowest BCUT2D eigenvalue weighted by molar-refractivity contribution is 0.0517. The Bertz CT molecular complexity index is 962. The number of benzene rings is 1. The molecule has 1 atom stereocenters. The van der Waals surface area contributed by atoms with Gasteiger partial charge in [0.15, 0.2) is 0 Å². The van der Waals surface area contributed by atoms with Crippen LogP contribution in [0.1, 0.15) is 34.2 Å². The summed E-state index contributed by atoms with van der Waals surface area (Å²) in [5.41, 5.74) is 2.20. The van der Waals surface area contributed by atoms with Gasteiger partial charge in [-0.3, -0.25) is 9.48 Å². The summed E-state index contributed by atoms with van der Waals surface area (Å²) < 4.78 is 12.5. The Hall–Kier alpha value is -2.64. The van der Waals surface area contributed by atoms with Crippen LogP contribution in [-0.2, 0) is 11.8 Å². The number of rotatable bonds is 6. The van der Waals surface area contributed by atoms with Gasteiger partial charge in [-0.25, -0.2) is 0 Å². The molecular weight excluding hydrogens is 386 g/mol. The summed E-state index contributed by atoms with van der Waals surface area (Å²) in [5.74, 6) is 1.02. The molecule has 29 heavy (non-hydrogen) atoms. The van der Waals surface area contributed by atoms with E-state index in [0.29, 0.717) is 11.6 Å². The first-order valence-corrected chi connectivity index (χ1v) is 10.6. The maximum atomic E-state index is 13.2. The molecule has 1 saturated heterocycles. The molecule has 0 radical (unpaired) electrons. The number of hydrogen-bond donors (Lipinski definition) is 1. The number of ether oxygens (including phenoxy) is 2. The van der Waals surface area contributed by atoms with Crippen molar-refractivity contribution in [3.05, 3.63) is 58.4 Å². The summed E-state index contributed by atoms with van der Waals surface area (Å²) in [5, 5.41) is 9.86. The molecule has 0 aliphatic carbocycles. The van der Waals surface area contributed by atoms with E-state index in [0.717, 1.165) is 43.1 Å². The standard InChI is InChI=1S/C22H25N3O3S/c1-25-19(14-18(24-25)16-5-3-6-17(13-16)27-2)22(26)23-21(20-7-4-12-29-20)15-8-10-28-11-9-15/h3-7,12-15,21H,8-11H2,1-2H3,(H,23,26)/t21-/m0/s1. The molecule has 1 aliphatic heterocycles. The molecule has 0 saturated carbocycles. The van der Waals surface area contributed by atoms with Crippen molar-refractivity contribution in [2.45, 2.75) is 18.9 Å². The van der Waals surface area contributed by atoms with Gasteiger partial charge in [0.25, 0.3) is 5.91 Å². The highest BCUT2D eigenvalue weighted by atomic mass is 32.1. The zero-order valence-corrected chi connectivity index (χ0v) is 17.4. The van der Waals surface area contributed by atoms with Crippen molar-refractivity contribution in [3.8, 4) is 17.0 Å². The second-order valence-corrected chi connectivity index (χ2v) is 8.17. The highest BCUT2D eigenvalue weighted by Crippen LogP contribution is 2.33. The van der Waals surface area contributed by atoms with E-state index >= 15 is 0 Å². The topological polar surface area (TPSA) is 65.4 Å². The van der Waals surface area contributed by atoms with Gasteiger partial charge in [0.1, 0.15) is 11.4 Å². The van der Waals surface area contributed by atoms with E-state index in [4.69, 9.17) is 9.47 Å². The fourth-order valence-corrected chi connectivity index (χ4v) is 4.63. The normalized spacial score (nSPS) is 15.8. The van der Waals surface area contributed by atoms with Crippen LogP contribution in [0.3, 0.4) is 0 Å². The first kappa shape index (κ1) is 19.7. The van der Waals surface area contributed by atoms with Crippen molar-refractivity contribution in [1.82, 2.24) is 15.1 Å². The monoisotopic (exact) mass is 411 g/mol. The maximum Gasteiger partial charge on any atom is 0.270 e. The van der Waals surface area contributed by atoms with E-state index in [1.165, 1.54) is 4.88 Å². The highest BCUT2D eigenvalue weighted by molar-refractivity contribution is 7.10. The minimum absolute atomic E-state index is 0.0124. The van der Waals surface area contributed by atoms with E-state index in [-0.39, 0.29) is 11.9 Å². The third kappa shape index (κ3) is 4.36. The Morgan fingerprint density at radius 3 is 2.83 bits per heavy atom. The number of carbonyl (C=O) groups excluding carboxylic acids is 1. The van der Waals surface area contributed by atoms with Crippen molar-refractivity contribution in [1.29, 1.82) is 0 Å². The van der Waals surface area contributed by atoms with Crippen LogP contribution in [0.4, 0.5) is 0 Å². The van der Waals surface area contributed by atoms with Gasteiger partial charge >= 0.3 is 0 Å². The molecule has 1 N–H and O–H groups in total. The minimum Gasteiger partial charge on any atom is -0.497 e. The van der Waals surface area contributed by atoms with Crippen LogP contribution in [-0.4, -0.2) is 36.0 Å². The number of amides is 1. The van der Waals surface area contributed by atoms with Crippen molar-refractivity contribution in [2.24, 2.45) is 13.0 Å². The summed E-state index contributed by atoms with van der Waals surface area (Å²) in [6.07, 6.45) is 1.90. The fourth-order valence-electron chi connectivity index (χ4n) is 3.76. The number of nitrogens with zero attached hydrogens (tertiary/aromatic N) is 2. The van der Waals surface area contributed by atoms with Crippen molar-refractivity contribution in [3.63, 3.8) is 0 Å². The molecule has 1 aliphatic rings. The number of methoxy groups -OCH3 is 1. The van der Waals surface area contributed by atoms with Crippen LogP contribution in [0, 0.1) is 5.92 Å². The summed E-state index contributed by atoms with van der Waals surface area (Å²) >= 11 is 1.68. The Morgan fingerprint density at radius 1 is 1.28 bits per heavy atom. The summed E-state index contributed by atoms with van der Waals surface area (Å²) in [6, 6.07) is 13.6. The SMILES string of the molecule is COc1cccc(-c2cc(C(=O)N[C@H](c3cccs3)C3CCOCC3)n(C)n2)c1. The molecule has 1 amide bonds. The predicted octanol–water partition coefficient (Wildman–Crippen LogP) is 4.05. The molecule has 1 aromatic carbocycles. The summed E-state index contributed by atoms with van der Waals surface area (Å²) in [7, 11) is 3.44. The Balaban J connectivity index is 1.57. The zero-order chi connectivity index (χ0) is 20.2. The van der Waals surface area contributed by atoms with Gasteiger partial charge < -0.3 is 14.8 Å². The molecule has 3 aromatic rings. The van der Waals surface area contributed by atoms with Crippen LogP contribution in [0.5, 0.6) is 5.75 Å². The molecule has 1 fully saturated rings. The summed E-state index contributed by atoms with van der Waals surface area (Å²) in [6.45, 7) is 1.49. The van der Waals surface area contributed by atoms with E-state index in [1.807, 2.05) is 36.4 Å². The Labute approximate surface area is 174 Å². The van der Waals surface area contributed by atoms with Gasteiger partial charge in [-0.2, -0.15) is 5.10 Å². The van der Waals surface area contributed by atoms with Crippen molar-refractivity contribution >= 4 is 17.2 Å². The Kier molecular flexibility index (Phi) is 5.97. The zero-order valence-electron chi connectivity index (χ0n) is 16.6. The Morgan fingerprint density at radius 2 is 2.10 bits per heavy atom. The number of nitrogens with one attached hydrogen (secondary N) is 1. The summed E-state index contributed by atoms with van der Waals surface area (Å²) in [4.78, 5) is 14.3. The lowest BCUT2D eigenvalue weighted by Crippen LogP contribution is -2.36. The van der Waals surface area contributed by atoms with E-state index < -0.39 is 0 Å². The lowest BCUT2D eigenvalue weighted by atomic mass is 9.90. The lowest BCUT2D eigenvalue weighted by Gasteiger charge is -2.30. The van der Waals surface area contributed by atoms with Gasteiger partial charge in [-0.1, -0.05) is 18.2 Å². The second-order valence-electron chi connectivity index (χ2n) is 7.19. The predicted molar refractivity (Wildman–Crippen MR) is 113 cm³/mol. The number of thiophene rings is 1. The van der Waals surface area contributed by atoms with Gasteiger partial charge in [0.05, 0.1) is 18.8 Å². The first-order valence-electron chi connectivity index (χ1n) is 9.76. The van der Waals surface area contributed by atoms with Crippen LogP contribution in [0.2, 0.25) is 0 Å². The van der Waals surface area contributed by atoms with E-state index in [1.54, 1.807) is 30.2 Å². The molecule has 152 valence electrons. The molecule has 4 rings (SSSR count). The number of carbonyl (C=O) groups is 1. The van der Waals surface area contributed by atoms with Gasteiger partial charge in [0.2, 0.25) is 0 Å². The third-order valence-electron chi connectivity index (χ3n) is 5.35. The molecular formula is C22H25N3O3S. The van der Waals surface area contributed by atoms with Gasteiger partial charge in [-0.15, -0.1) is 11.3 Å².